The average Bonchev–Trinajstić information content (AvgIpc) is 2.86. The van der Waals surface area contributed by atoms with Crippen molar-refractivity contribution < 1.29 is 14.3 Å². The van der Waals surface area contributed by atoms with E-state index in [1.54, 1.807) is 0 Å². The number of esters is 1. The van der Waals surface area contributed by atoms with Gasteiger partial charge in [0.25, 0.3) is 0 Å². The molecule has 1 aromatic rings. The molecule has 0 N–H and O–H groups in total. The van der Waals surface area contributed by atoms with Crippen LogP contribution in [0.25, 0.3) is 0 Å². The number of benzene rings is 1. The first kappa shape index (κ1) is 13.6. The number of nitrogens with zero attached hydrogens (tertiary/aromatic N) is 1. The number of methoxy groups -OCH3 is 1. The molecule has 108 valence electrons. The molecule has 2 atom stereocenters. The van der Waals surface area contributed by atoms with Gasteiger partial charge in [0.2, 0.25) is 0 Å². The molecule has 2 fully saturated rings. The Morgan fingerprint density at radius 1 is 1.45 bits per heavy atom. The van der Waals surface area contributed by atoms with Crippen LogP contribution in [-0.4, -0.2) is 43.3 Å². The zero-order chi connectivity index (χ0) is 14.0. The van der Waals surface area contributed by atoms with E-state index in [1.807, 2.05) is 18.2 Å². The van der Waals surface area contributed by atoms with Gasteiger partial charge in [0.1, 0.15) is 0 Å². The Labute approximate surface area is 119 Å². The highest BCUT2D eigenvalue weighted by atomic mass is 16.6. The SMILES string of the molecule is COC(=O)[C@]12CN(Cc3ccccc3)C[C@H]1CCCO2. The fourth-order valence-corrected chi connectivity index (χ4v) is 3.48. The van der Waals surface area contributed by atoms with E-state index in [-0.39, 0.29) is 11.9 Å². The second-order valence-electron chi connectivity index (χ2n) is 5.72. The smallest absolute Gasteiger partial charge is 0.339 e. The van der Waals surface area contributed by atoms with Gasteiger partial charge in [-0.15, -0.1) is 0 Å². The van der Waals surface area contributed by atoms with Gasteiger partial charge < -0.3 is 9.47 Å². The predicted molar refractivity (Wildman–Crippen MR) is 75.1 cm³/mol. The van der Waals surface area contributed by atoms with Crippen LogP contribution in [0.15, 0.2) is 30.3 Å². The number of ether oxygens (including phenoxy) is 2. The third-order valence-corrected chi connectivity index (χ3v) is 4.43. The highest BCUT2D eigenvalue weighted by Crippen LogP contribution is 2.39. The predicted octanol–water partition coefficient (Wildman–Crippen LogP) is 1.84. The molecule has 20 heavy (non-hydrogen) atoms. The molecular formula is C16H21NO3. The fraction of sp³-hybridized carbons (Fsp3) is 0.562. The van der Waals surface area contributed by atoms with Crippen LogP contribution in [-0.2, 0) is 20.8 Å². The van der Waals surface area contributed by atoms with E-state index >= 15 is 0 Å². The van der Waals surface area contributed by atoms with Crippen LogP contribution >= 0.6 is 0 Å². The maximum absolute atomic E-state index is 12.2. The third-order valence-electron chi connectivity index (χ3n) is 4.43. The molecule has 0 bridgehead atoms. The van der Waals surface area contributed by atoms with Crippen LogP contribution in [0, 0.1) is 5.92 Å². The average molecular weight is 275 g/mol. The maximum Gasteiger partial charge on any atom is 0.339 e. The van der Waals surface area contributed by atoms with Crippen molar-refractivity contribution in [1.82, 2.24) is 4.90 Å². The van der Waals surface area contributed by atoms with Crippen LogP contribution in [0.3, 0.4) is 0 Å². The van der Waals surface area contributed by atoms with Gasteiger partial charge in [0.15, 0.2) is 5.60 Å². The van der Waals surface area contributed by atoms with Gasteiger partial charge >= 0.3 is 5.97 Å². The van der Waals surface area contributed by atoms with Crippen molar-refractivity contribution in [2.45, 2.75) is 25.0 Å². The van der Waals surface area contributed by atoms with Gasteiger partial charge in [-0.1, -0.05) is 30.3 Å². The Kier molecular flexibility index (Phi) is 3.76. The van der Waals surface area contributed by atoms with Crippen molar-refractivity contribution in [3.05, 3.63) is 35.9 Å². The number of rotatable bonds is 3. The highest BCUT2D eigenvalue weighted by Gasteiger charge is 2.55. The van der Waals surface area contributed by atoms with Crippen LogP contribution in [0.4, 0.5) is 0 Å². The standard InChI is InChI=1S/C16H21NO3/c1-19-15(18)16-12-17(10-13-6-3-2-4-7-13)11-14(16)8-5-9-20-16/h2-4,6-7,14H,5,8-12H2,1H3/t14-,16+/m1/s1. The van der Waals surface area contributed by atoms with Crippen LogP contribution < -0.4 is 0 Å². The molecule has 2 saturated heterocycles. The van der Waals surface area contributed by atoms with Crippen molar-refractivity contribution in [3.63, 3.8) is 0 Å². The summed E-state index contributed by atoms with van der Waals surface area (Å²) in [5.74, 6) is 0.0465. The van der Waals surface area contributed by atoms with Gasteiger partial charge in [-0.05, 0) is 18.4 Å². The Morgan fingerprint density at radius 2 is 2.25 bits per heavy atom. The number of carbonyl (C=O) groups is 1. The van der Waals surface area contributed by atoms with Crippen LogP contribution in [0.5, 0.6) is 0 Å². The summed E-state index contributed by atoms with van der Waals surface area (Å²) in [5, 5.41) is 0. The second-order valence-corrected chi connectivity index (χ2v) is 5.72. The molecule has 0 unspecified atom stereocenters. The molecule has 0 spiro atoms. The van der Waals surface area contributed by atoms with Crippen molar-refractivity contribution in [2.24, 2.45) is 5.92 Å². The van der Waals surface area contributed by atoms with Crippen molar-refractivity contribution >= 4 is 5.97 Å². The normalized spacial score (nSPS) is 29.9. The minimum atomic E-state index is -0.734. The minimum absolute atomic E-state index is 0.210. The summed E-state index contributed by atoms with van der Waals surface area (Å²) < 4.78 is 10.9. The van der Waals surface area contributed by atoms with E-state index in [2.05, 4.69) is 17.0 Å². The number of fused-ring (bicyclic) bond motifs is 1. The molecule has 4 heteroatoms. The molecule has 0 aromatic heterocycles. The van der Waals surface area contributed by atoms with E-state index in [0.717, 1.165) is 25.9 Å². The molecule has 1 aromatic carbocycles. The van der Waals surface area contributed by atoms with Crippen molar-refractivity contribution in [1.29, 1.82) is 0 Å². The Morgan fingerprint density at radius 3 is 3.00 bits per heavy atom. The largest absolute Gasteiger partial charge is 0.467 e. The van der Waals surface area contributed by atoms with Gasteiger partial charge in [0.05, 0.1) is 7.11 Å². The second kappa shape index (κ2) is 5.54. The molecule has 2 heterocycles. The number of carbonyl (C=O) groups excluding carboxylic acids is 1. The summed E-state index contributed by atoms with van der Waals surface area (Å²) in [7, 11) is 1.45. The summed E-state index contributed by atoms with van der Waals surface area (Å²) in [4.78, 5) is 14.5. The van der Waals surface area contributed by atoms with Gasteiger partial charge in [-0.2, -0.15) is 0 Å². The molecule has 2 aliphatic rings. The quantitative estimate of drug-likeness (QED) is 0.789. The Balaban J connectivity index is 1.76. The molecule has 0 amide bonds. The summed E-state index contributed by atoms with van der Waals surface area (Å²) >= 11 is 0. The van der Waals surface area contributed by atoms with Crippen molar-refractivity contribution in [2.75, 3.05) is 26.8 Å². The zero-order valence-corrected chi connectivity index (χ0v) is 11.9. The lowest BCUT2D eigenvalue weighted by atomic mass is 9.85. The first-order chi connectivity index (χ1) is 9.74. The lowest BCUT2D eigenvalue weighted by molar-refractivity contribution is -0.179. The van der Waals surface area contributed by atoms with Gasteiger partial charge in [-0.25, -0.2) is 4.79 Å². The summed E-state index contributed by atoms with van der Waals surface area (Å²) in [6, 6.07) is 10.4. The topological polar surface area (TPSA) is 38.8 Å². The Hall–Kier alpha value is -1.39. The summed E-state index contributed by atoms with van der Waals surface area (Å²) in [5.41, 5.74) is 0.535. The lowest BCUT2D eigenvalue weighted by Gasteiger charge is -2.35. The van der Waals surface area contributed by atoms with Gasteiger partial charge in [0, 0.05) is 32.2 Å². The first-order valence-electron chi connectivity index (χ1n) is 7.23. The minimum Gasteiger partial charge on any atom is -0.467 e. The van der Waals surface area contributed by atoms with E-state index in [0.29, 0.717) is 13.2 Å². The van der Waals surface area contributed by atoms with Crippen LogP contribution in [0.2, 0.25) is 0 Å². The van der Waals surface area contributed by atoms with Crippen molar-refractivity contribution in [3.8, 4) is 0 Å². The maximum atomic E-state index is 12.2. The highest BCUT2D eigenvalue weighted by molar-refractivity contribution is 5.81. The van der Waals surface area contributed by atoms with Crippen LogP contribution in [0.1, 0.15) is 18.4 Å². The molecule has 0 radical (unpaired) electrons. The van der Waals surface area contributed by atoms with Gasteiger partial charge in [-0.3, -0.25) is 4.90 Å². The lowest BCUT2D eigenvalue weighted by Crippen LogP contribution is -2.52. The molecule has 2 aliphatic heterocycles. The fourth-order valence-electron chi connectivity index (χ4n) is 3.48. The first-order valence-corrected chi connectivity index (χ1v) is 7.23. The van der Waals surface area contributed by atoms with E-state index < -0.39 is 5.60 Å². The molecule has 3 rings (SSSR count). The summed E-state index contributed by atoms with van der Waals surface area (Å²) in [6.07, 6.45) is 2.07. The molecule has 4 nitrogen and oxygen atoms in total. The number of hydrogen-bond acceptors (Lipinski definition) is 4. The van der Waals surface area contributed by atoms with E-state index in [4.69, 9.17) is 9.47 Å². The molecular weight excluding hydrogens is 254 g/mol. The molecule has 0 saturated carbocycles. The van der Waals surface area contributed by atoms with E-state index in [1.165, 1.54) is 12.7 Å². The molecule has 0 aliphatic carbocycles. The number of hydrogen-bond donors (Lipinski definition) is 0. The third kappa shape index (κ3) is 2.34. The zero-order valence-electron chi connectivity index (χ0n) is 11.9. The number of likely N-dealkylation sites (tertiary alicyclic amines) is 1. The van der Waals surface area contributed by atoms with E-state index in [9.17, 15) is 4.79 Å². The Bertz CT molecular complexity index is 476. The summed E-state index contributed by atoms with van der Waals surface area (Å²) in [6.45, 7) is 3.06. The monoisotopic (exact) mass is 275 g/mol.